The largest absolute Gasteiger partial charge is 0.472 e. The van der Waals surface area contributed by atoms with Gasteiger partial charge in [0.05, 0.1) is 19.8 Å². The van der Waals surface area contributed by atoms with Gasteiger partial charge in [-0.3, -0.25) is 13.8 Å². The number of phosphoric ester groups is 1. The number of carbonyl (C=O) groups is 1. The molecule has 0 bridgehead atoms. The Bertz CT molecular complexity index is 936. The Labute approximate surface area is 320 Å². The molecule has 52 heavy (non-hydrogen) atoms. The fraction of sp³-hybridized carbons (Fsp3) is 0.791. The summed E-state index contributed by atoms with van der Waals surface area (Å²) >= 11 is 0. The predicted octanol–water partition coefficient (Wildman–Crippen LogP) is 12.4. The maximum absolute atomic E-state index is 12.5. The van der Waals surface area contributed by atoms with Crippen LogP contribution in [0.3, 0.4) is 0 Å². The highest BCUT2D eigenvalue weighted by atomic mass is 31.2. The lowest BCUT2D eigenvalue weighted by atomic mass is 10.0. The molecule has 0 amide bonds. The number of rotatable bonds is 40. The molecule has 304 valence electrons. The summed E-state index contributed by atoms with van der Waals surface area (Å²) < 4.78 is 33.3. The SMILES string of the molecule is CC/C=C\C/C=C\C/C=C\C/C=C\CCCCCCCCCCCCCCC(=O)OC(COCCCCCCCCCC)COP(=O)(O)OCCN. The third-order valence-electron chi connectivity index (χ3n) is 8.76. The Morgan fingerprint density at radius 1 is 0.596 bits per heavy atom. The zero-order valence-electron chi connectivity index (χ0n) is 33.5. The maximum Gasteiger partial charge on any atom is 0.472 e. The van der Waals surface area contributed by atoms with E-state index in [1.54, 1.807) is 0 Å². The molecule has 0 aliphatic heterocycles. The number of carbonyl (C=O) groups excluding carboxylic acids is 1. The molecule has 2 atom stereocenters. The molecule has 8 nitrogen and oxygen atoms in total. The number of unbranched alkanes of at least 4 members (excludes halogenated alkanes) is 19. The van der Waals surface area contributed by atoms with Gasteiger partial charge in [-0.2, -0.15) is 0 Å². The molecule has 3 N–H and O–H groups in total. The summed E-state index contributed by atoms with van der Waals surface area (Å²) in [6.07, 6.45) is 47.1. The van der Waals surface area contributed by atoms with Crippen LogP contribution in [0.2, 0.25) is 0 Å². The molecule has 0 saturated heterocycles. The highest BCUT2D eigenvalue weighted by molar-refractivity contribution is 7.47. The molecule has 0 aliphatic carbocycles. The highest BCUT2D eigenvalue weighted by Crippen LogP contribution is 2.43. The molecule has 0 aromatic carbocycles. The van der Waals surface area contributed by atoms with Gasteiger partial charge in [-0.05, 0) is 51.4 Å². The van der Waals surface area contributed by atoms with Crippen LogP contribution in [0.4, 0.5) is 0 Å². The average Bonchev–Trinajstić information content (AvgIpc) is 3.13. The zero-order valence-corrected chi connectivity index (χ0v) is 34.4. The maximum atomic E-state index is 12.5. The normalized spacial score (nSPS) is 14.0. The summed E-state index contributed by atoms with van der Waals surface area (Å²) in [6.45, 7) is 4.79. The van der Waals surface area contributed by atoms with Gasteiger partial charge in [0.1, 0.15) is 6.10 Å². The van der Waals surface area contributed by atoms with E-state index < -0.39 is 13.9 Å². The van der Waals surface area contributed by atoms with Crippen molar-refractivity contribution in [3.63, 3.8) is 0 Å². The minimum Gasteiger partial charge on any atom is -0.457 e. The van der Waals surface area contributed by atoms with Gasteiger partial charge in [0.25, 0.3) is 0 Å². The molecular formula is C43H80NO7P. The number of hydrogen-bond acceptors (Lipinski definition) is 7. The number of phosphoric acid groups is 1. The van der Waals surface area contributed by atoms with Crippen molar-refractivity contribution in [2.45, 2.75) is 187 Å². The summed E-state index contributed by atoms with van der Waals surface area (Å²) in [7, 11) is -4.27. The van der Waals surface area contributed by atoms with Crippen LogP contribution in [0.1, 0.15) is 181 Å². The van der Waals surface area contributed by atoms with Crippen LogP contribution in [0.5, 0.6) is 0 Å². The molecular weight excluding hydrogens is 673 g/mol. The Kier molecular flexibility index (Phi) is 39.4. The van der Waals surface area contributed by atoms with E-state index in [-0.39, 0.29) is 32.3 Å². The molecule has 0 saturated carbocycles. The van der Waals surface area contributed by atoms with Gasteiger partial charge in [0.2, 0.25) is 0 Å². The molecule has 0 fully saturated rings. The van der Waals surface area contributed by atoms with E-state index in [2.05, 4.69) is 62.5 Å². The number of esters is 1. The molecule has 0 spiro atoms. The lowest BCUT2D eigenvalue weighted by molar-refractivity contribution is -0.154. The van der Waals surface area contributed by atoms with Crippen molar-refractivity contribution in [3.05, 3.63) is 48.6 Å². The summed E-state index contributed by atoms with van der Waals surface area (Å²) in [5, 5.41) is 0. The van der Waals surface area contributed by atoms with E-state index in [0.717, 1.165) is 57.8 Å². The van der Waals surface area contributed by atoms with Crippen molar-refractivity contribution in [3.8, 4) is 0 Å². The van der Waals surface area contributed by atoms with Crippen molar-refractivity contribution < 1.29 is 32.8 Å². The first kappa shape index (κ1) is 50.5. The first-order valence-electron chi connectivity index (χ1n) is 21.1. The second-order valence-electron chi connectivity index (χ2n) is 13.8. The molecule has 0 rings (SSSR count). The number of nitrogens with two attached hydrogens (primary N) is 1. The van der Waals surface area contributed by atoms with Crippen LogP contribution in [-0.2, 0) is 27.9 Å². The number of allylic oxidation sites excluding steroid dienone is 8. The fourth-order valence-electron chi connectivity index (χ4n) is 5.69. The van der Waals surface area contributed by atoms with Crippen LogP contribution in [0.25, 0.3) is 0 Å². The predicted molar refractivity (Wildman–Crippen MR) is 219 cm³/mol. The molecule has 0 aromatic heterocycles. The second kappa shape index (κ2) is 40.6. The van der Waals surface area contributed by atoms with Gasteiger partial charge < -0.3 is 20.1 Å². The minimum absolute atomic E-state index is 0.0958. The molecule has 0 radical (unpaired) electrons. The van der Waals surface area contributed by atoms with Crippen LogP contribution in [-0.4, -0.2) is 49.9 Å². The van der Waals surface area contributed by atoms with Crippen LogP contribution < -0.4 is 5.73 Å². The summed E-state index contributed by atoms with van der Waals surface area (Å²) in [6, 6.07) is 0. The van der Waals surface area contributed by atoms with Crippen LogP contribution >= 0.6 is 7.82 Å². The van der Waals surface area contributed by atoms with Gasteiger partial charge in [0.15, 0.2) is 0 Å². The standard InChI is InChI=1S/C43H80NO7P/c1-3-5-7-9-11-13-14-15-16-17-18-19-20-21-22-23-24-25-26-27-28-29-30-32-34-36-43(45)51-42(41-50-52(46,47)49-39-37-44)40-48-38-35-33-31-12-10-8-6-4-2/h5,7,11,13,15-16,18-19,42H,3-4,6,8-10,12,14,17,20-41,44H2,1-2H3,(H,46,47)/b7-5-,13-11-,16-15-,19-18-. The Balaban J connectivity index is 3.89. The van der Waals surface area contributed by atoms with Gasteiger partial charge in [-0.1, -0.05) is 172 Å². The lowest BCUT2D eigenvalue weighted by Crippen LogP contribution is -2.28. The van der Waals surface area contributed by atoms with E-state index in [1.807, 2.05) is 0 Å². The van der Waals surface area contributed by atoms with Crippen molar-refractivity contribution in [1.29, 1.82) is 0 Å². The van der Waals surface area contributed by atoms with Gasteiger partial charge in [-0.15, -0.1) is 0 Å². The first-order valence-corrected chi connectivity index (χ1v) is 22.6. The quantitative estimate of drug-likeness (QED) is 0.0275. The van der Waals surface area contributed by atoms with Crippen LogP contribution in [0.15, 0.2) is 48.6 Å². The van der Waals surface area contributed by atoms with E-state index in [0.29, 0.717) is 13.0 Å². The lowest BCUT2D eigenvalue weighted by Gasteiger charge is -2.20. The third kappa shape index (κ3) is 39.7. The molecule has 0 heterocycles. The third-order valence-corrected chi connectivity index (χ3v) is 9.74. The van der Waals surface area contributed by atoms with Gasteiger partial charge in [0, 0.05) is 19.6 Å². The average molecular weight is 754 g/mol. The van der Waals surface area contributed by atoms with Gasteiger partial charge >= 0.3 is 13.8 Å². The highest BCUT2D eigenvalue weighted by Gasteiger charge is 2.25. The van der Waals surface area contributed by atoms with Crippen molar-refractivity contribution in [2.24, 2.45) is 5.73 Å². The minimum atomic E-state index is -4.27. The Morgan fingerprint density at radius 3 is 1.62 bits per heavy atom. The number of ether oxygens (including phenoxy) is 2. The summed E-state index contributed by atoms with van der Waals surface area (Å²) in [4.78, 5) is 22.4. The Morgan fingerprint density at radius 2 is 1.08 bits per heavy atom. The van der Waals surface area contributed by atoms with E-state index in [1.165, 1.54) is 103 Å². The second-order valence-corrected chi connectivity index (χ2v) is 15.3. The summed E-state index contributed by atoms with van der Waals surface area (Å²) in [5.74, 6) is -0.335. The molecule has 2 unspecified atom stereocenters. The fourth-order valence-corrected chi connectivity index (χ4v) is 6.46. The van der Waals surface area contributed by atoms with Gasteiger partial charge in [-0.25, -0.2) is 4.57 Å². The number of hydrogen-bond donors (Lipinski definition) is 2. The van der Waals surface area contributed by atoms with E-state index >= 15 is 0 Å². The molecule has 0 aromatic rings. The summed E-state index contributed by atoms with van der Waals surface area (Å²) in [5.41, 5.74) is 5.35. The van der Waals surface area contributed by atoms with Crippen molar-refractivity contribution >= 4 is 13.8 Å². The molecule has 9 heteroatoms. The topological polar surface area (TPSA) is 117 Å². The molecule has 0 aliphatic rings. The monoisotopic (exact) mass is 754 g/mol. The first-order chi connectivity index (χ1) is 25.4. The van der Waals surface area contributed by atoms with Crippen molar-refractivity contribution in [2.75, 3.05) is 33.0 Å². The smallest absolute Gasteiger partial charge is 0.457 e. The zero-order chi connectivity index (χ0) is 38.1. The van der Waals surface area contributed by atoms with E-state index in [4.69, 9.17) is 24.3 Å². The van der Waals surface area contributed by atoms with Crippen LogP contribution in [0, 0.1) is 0 Å². The Hall–Kier alpha value is -1.54. The van der Waals surface area contributed by atoms with E-state index in [9.17, 15) is 14.3 Å². The van der Waals surface area contributed by atoms with Crippen molar-refractivity contribution in [1.82, 2.24) is 0 Å².